The zero-order chi connectivity index (χ0) is 13.8. The van der Waals surface area contributed by atoms with E-state index in [1.165, 1.54) is 15.3 Å². The molecular weight excluding hydrogens is 276 g/mol. The number of aryl methyl sites for hydroxylation is 2. The summed E-state index contributed by atoms with van der Waals surface area (Å²) >= 11 is 8.09. The zero-order valence-electron chi connectivity index (χ0n) is 11.2. The highest BCUT2D eigenvalue weighted by molar-refractivity contribution is 7.12. The minimum Gasteiger partial charge on any atom is -0.271 e. The van der Waals surface area contributed by atoms with Crippen LogP contribution >= 0.6 is 22.9 Å². The Hall–Kier alpha value is -0.870. The van der Waals surface area contributed by atoms with E-state index in [0.717, 1.165) is 23.4 Å². The standard InChI is InChI=1S/C15H19ClN2S/c1-3-12-6-7-15(19-12)14(18-17)9-11-5-4-10(2)8-13(11)16/h4-8,14,18H,3,9,17H2,1-2H3. The van der Waals surface area contributed by atoms with Crippen molar-refractivity contribution in [3.05, 3.63) is 56.2 Å². The van der Waals surface area contributed by atoms with Crippen molar-refractivity contribution in [2.45, 2.75) is 32.7 Å². The predicted molar refractivity (Wildman–Crippen MR) is 83.7 cm³/mol. The minimum absolute atomic E-state index is 0.116. The quantitative estimate of drug-likeness (QED) is 0.646. The maximum absolute atomic E-state index is 6.29. The number of benzene rings is 1. The lowest BCUT2D eigenvalue weighted by Crippen LogP contribution is -2.29. The van der Waals surface area contributed by atoms with E-state index in [1.807, 2.05) is 24.3 Å². The summed E-state index contributed by atoms with van der Waals surface area (Å²) in [5.41, 5.74) is 5.20. The molecule has 3 N–H and O–H groups in total. The highest BCUT2D eigenvalue weighted by Gasteiger charge is 2.14. The third-order valence-corrected chi connectivity index (χ3v) is 4.90. The highest BCUT2D eigenvalue weighted by atomic mass is 35.5. The molecule has 0 spiro atoms. The summed E-state index contributed by atoms with van der Waals surface area (Å²) in [5, 5.41) is 0.813. The number of nitrogens with two attached hydrogens (primary N) is 1. The first-order chi connectivity index (χ1) is 9.13. The molecule has 1 atom stereocenters. The molecule has 2 rings (SSSR count). The average molecular weight is 295 g/mol. The second kappa shape index (κ2) is 6.53. The fraction of sp³-hybridized carbons (Fsp3) is 0.333. The maximum atomic E-state index is 6.29. The molecule has 1 aromatic carbocycles. The van der Waals surface area contributed by atoms with E-state index in [0.29, 0.717) is 0 Å². The summed E-state index contributed by atoms with van der Waals surface area (Å²) in [6.07, 6.45) is 1.87. The Morgan fingerprint density at radius 3 is 2.68 bits per heavy atom. The molecule has 2 nitrogen and oxygen atoms in total. The Morgan fingerprint density at radius 1 is 1.32 bits per heavy atom. The Balaban J connectivity index is 2.18. The Bertz CT molecular complexity index is 551. The van der Waals surface area contributed by atoms with Crippen molar-refractivity contribution < 1.29 is 0 Å². The largest absolute Gasteiger partial charge is 0.271 e. The first-order valence-corrected chi connectivity index (χ1v) is 7.63. The lowest BCUT2D eigenvalue weighted by Gasteiger charge is -2.15. The Labute approximate surface area is 123 Å². The van der Waals surface area contributed by atoms with Crippen LogP contribution in [0.2, 0.25) is 5.02 Å². The van der Waals surface area contributed by atoms with Crippen LogP contribution in [0.4, 0.5) is 0 Å². The van der Waals surface area contributed by atoms with Crippen molar-refractivity contribution in [3.63, 3.8) is 0 Å². The SMILES string of the molecule is CCc1ccc(C(Cc2ccc(C)cc2Cl)NN)s1. The molecule has 2 aromatic rings. The Morgan fingerprint density at radius 2 is 2.11 bits per heavy atom. The molecule has 0 amide bonds. The van der Waals surface area contributed by atoms with E-state index in [1.54, 1.807) is 0 Å². The number of halogens is 1. The summed E-state index contributed by atoms with van der Waals surface area (Å²) in [4.78, 5) is 2.64. The molecule has 102 valence electrons. The van der Waals surface area contributed by atoms with Crippen molar-refractivity contribution in [1.29, 1.82) is 0 Å². The molecule has 1 heterocycles. The summed E-state index contributed by atoms with van der Waals surface area (Å²) in [7, 11) is 0. The van der Waals surface area contributed by atoms with E-state index < -0.39 is 0 Å². The predicted octanol–water partition coefficient (Wildman–Crippen LogP) is 4.02. The molecule has 0 aliphatic carbocycles. The number of nitrogens with one attached hydrogen (secondary N) is 1. The van der Waals surface area contributed by atoms with Gasteiger partial charge in [0.2, 0.25) is 0 Å². The molecule has 0 bridgehead atoms. The normalized spacial score (nSPS) is 12.6. The first kappa shape index (κ1) is 14.5. The summed E-state index contributed by atoms with van der Waals surface area (Å²) < 4.78 is 0. The molecule has 19 heavy (non-hydrogen) atoms. The maximum Gasteiger partial charge on any atom is 0.0594 e. The van der Waals surface area contributed by atoms with Crippen LogP contribution in [-0.4, -0.2) is 0 Å². The molecule has 0 radical (unpaired) electrons. The van der Waals surface area contributed by atoms with Gasteiger partial charge in [0.25, 0.3) is 0 Å². The molecule has 4 heteroatoms. The van der Waals surface area contributed by atoms with Crippen LogP contribution < -0.4 is 11.3 Å². The van der Waals surface area contributed by atoms with Crippen molar-refractivity contribution in [1.82, 2.24) is 5.43 Å². The van der Waals surface area contributed by atoms with Crippen LogP contribution in [0.15, 0.2) is 30.3 Å². The average Bonchev–Trinajstić information content (AvgIpc) is 2.86. The lowest BCUT2D eigenvalue weighted by atomic mass is 10.0. The van der Waals surface area contributed by atoms with Crippen LogP contribution in [0.25, 0.3) is 0 Å². The van der Waals surface area contributed by atoms with Gasteiger partial charge in [-0.15, -0.1) is 11.3 Å². The topological polar surface area (TPSA) is 38.0 Å². The third kappa shape index (κ3) is 3.57. The smallest absolute Gasteiger partial charge is 0.0594 e. The molecule has 1 unspecified atom stereocenters. The van der Waals surface area contributed by atoms with Crippen molar-refractivity contribution in [2.75, 3.05) is 0 Å². The molecule has 1 aromatic heterocycles. The second-order valence-corrected chi connectivity index (χ2v) is 6.28. The summed E-state index contributed by atoms with van der Waals surface area (Å²) in [6, 6.07) is 10.6. The van der Waals surface area contributed by atoms with Crippen LogP contribution in [0, 0.1) is 6.92 Å². The number of rotatable bonds is 5. The number of hydrogen-bond acceptors (Lipinski definition) is 3. The van der Waals surface area contributed by atoms with Crippen LogP contribution in [0.1, 0.15) is 33.8 Å². The van der Waals surface area contributed by atoms with Gasteiger partial charge in [0.05, 0.1) is 6.04 Å². The first-order valence-electron chi connectivity index (χ1n) is 6.43. The lowest BCUT2D eigenvalue weighted by molar-refractivity contribution is 0.560. The van der Waals surface area contributed by atoms with Gasteiger partial charge in [-0.05, 0) is 49.1 Å². The fourth-order valence-corrected chi connectivity index (χ4v) is 3.38. The molecule has 0 aliphatic heterocycles. The zero-order valence-corrected chi connectivity index (χ0v) is 12.8. The van der Waals surface area contributed by atoms with E-state index >= 15 is 0 Å². The molecule has 0 saturated heterocycles. The molecular formula is C15H19ClN2S. The van der Waals surface area contributed by atoms with Crippen LogP contribution in [0.5, 0.6) is 0 Å². The number of hydrazine groups is 1. The Kier molecular flexibility index (Phi) is 4.99. The minimum atomic E-state index is 0.116. The van der Waals surface area contributed by atoms with Gasteiger partial charge >= 0.3 is 0 Å². The van der Waals surface area contributed by atoms with Crippen molar-refractivity contribution in [2.24, 2.45) is 5.84 Å². The van der Waals surface area contributed by atoms with Gasteiger partial charge in [-0.25, -0.2) is 0 Å². The van der Waals surface area contributed by atoms with E-state index in [9.17, 15) is 0 Å². The fourth-order valence-electron chi connectivity index (χ4n) is 2.05. The van der Waals surface area contributed by atoms with Gasteiger partial charge in [-0.2, -0.15) is 0 Å². The van der Waals surface area contributed by atoms with Gasteiger partial charge in [0.15, 0.2) is 0 Å². The van der Waals surface area contributed by atoms with E-state index in [4.69, 9.17) is 17.4 Å². The number of hydrogen-bond donors (Lipinski definition) is 2. The number of thiophene rings is 1. The van der Waals surface area contributed by atoms with Gasteiger partial charge in [0.1, 0.15) is 0 Å². The summed E-state index contributed by atoms with van der Waals surface area (Å²) in [5.74, 6) is 5.70. The van der Waals surface area contributed by atoms with Crippen molar-refractivity contribution in [3.8, 4) is 0 Å². The van der Waals surface area contributed by atoms with E-state index in [-0.39, 0.29) is 6.04 Å². The molecule has 0 saturated carbocycles. The molecule has 0 fully saturated rings. The second-order valence-electron chi connectivity index (χ2n) is 4.68. The van der Waals surface area contributed by atoms with Crippen LogP contribution in [0.3, 0.4) is 0 Å². The van der Waals surface area contributed by atoms with Gasteiger partial charge in [0, 0.05) is 14.8 Å². The van der Waals surface area contributed by atoms with Gasteiger partial charge in [-0.1, -0.05) is 30.7 Å². The van der Waals surface area contributed by atoms with Gasteiger partial charge in [-0.3, -0.25) is 11.3 Å². The van der Waals surface area contributed by atoms with Crippen molar-refractivity contribution >= 4 is 22.9 Å². The van der Waals surface area contributed by atoms with Crippen LogP contribution in [-0.2, 0) is 12.8 Å². The van der Waals surface area contributed by atoms with E-state index in [2.05, 4.69) is 36.6 Å². The summed E-state index contributed by atoms with van der Waals surface area (Å²) in [6.45, 7) is 4.21. The van der Waals surface area contributed by atoms with Gasteiger partial charge < -0.3 is 0 Å². The third-order valence-electron chi connectivity index (χ3n) is 3.21. The highest BCUT2D eigenvalue weighted by Crippen LogP contribution is 2.28. The molecule has 0 aliphatic rings. The monoisotopic (exact) mass is 294 g/mol.